The van der Waals surface area contributed by atoms with E-state index >= 15 is 0 Å². The molecule has 0 radical (unpaired) electrons. The van der Waals surface area contributed by atoms with Crippen molar-refractivity contribution < 1.29 is 0 Å². The van der Waals surface area contributed by atoms with Crippen LogP contribution in [0.4, 0.5) is 0 Å². The molecule has 2 aromatic rings. The zero-order chi connectivity index (χ0) is 20.7. The number of hydrogen-bond acceptors (Lipinski definition) is 5. The van der Waals surface area contributed by atoms with Crippen LogP contribution in [0.3, 0.4) is 0 Å². The molecular formula is C25H29N5. The maximum Gasteiger partial charge on any atom is 0.128 e. The van der Waals surface area contributed by atoms with Crippen molar-refractivity contribution in [3.05, 3.63) is 77.9 Å². The Morgan fingerprint density at radius 1 is 1.10 bits per heavy atom. The smallest absolute Gasteiger partial charge is 0.128 e. The lowest BCUT2D eigenvalue weighted by molar-refractivity contribution is 0.0629. The zero-order valence-corrected chi connectivity index (χ0v) is 18.0. The number of hydrogen-bond donors (Lipinski definition) is 0. The van der Waals surface area contributed by atoms with Crippen molar-refractivity contribution in [3.8, 4) is 0 Å². The third kappa shape index (κ3) is 3.18. The molecular weight excluding hydrogens is 370 g/mol. The van der Waals surface area contributed by atoms with Crippen LogP contribution in [0.1, 0.15) is 49.0 Å². The molecule has 5 nitrogen and oxygen atoms in total. The summed E-state index contributed by atoms with van der Waals surface area (Å²) in [5.41, 5.74) is 4.73. The molecule has 30 heavy (non-hydrogen) atoms. The van der Waals surface area contributed by atoms with Crippen LogP contribution < -0.4 is 0 Å². The first-order chi connectivity index (χ1) is 14.6. The minimum atomic E-state index is -0.160. The number of pyridine rings is 2. The van der Waals surface area contributed by atoms with Gasteiger partial charge in [-0.2, -0.15) is 0 Å². The molecule has 1 unspecified atom stereocenters. The van der Waals surface area contributed by atoms with Gasteiger partial charge in [-0.1, -0.05) is 12.1 Å². The number of fused-ring (bicyclic) bond motifs is 1. The Labute approximate surface area is 178 Å². The van der Waals surface area contributed by atoms with Gasteiger partial charge in [0.05, 0.1) is 23.8 Å². The van der Waals surface area contributed by atoms with Crippen LogP contribution in [0.15, 0.2) is 66.1 Å². The molecule has 154 valence electrons. The van der Waals surface area contributed by atoms with E-state index in [1.165, 1.54) is 28.9 Å². The molecule has 0 saturated carbocycles. The summed E-state index contributed by atoms with van der Waals surface area (Å²) < 4.78 is 0. The van der Waals surface area contributed by atoms with Crippen molar-refractivity contribution in [2.45, 2.75) is 50.7 Å². The van der Waals surface area contributed by atoms with Crippen LogP contribution in [-0.4, -0.2) is 50.8 Å². The predicted molar refractivity (Wildman–Crippen MR) is 121 cm³/mol. The van der Waals surface area contributed by atoms with Gasteiger partial charge < -0.3 is 4.90 Å². The maximum absolute atomic E-state index is 5.28. The quantitative estimate of drug-likeness (QED) is 0.768. The minimum absolute atomic E-state index is 0.160. The van der Waals surface area contributed by atoms with E-state index in [1.807, 2.05) is 24.7 Å². The fourth-order valence-electron chi connectivity index (χ4n) is 5.42. The number of aliphatic imine (C=N–C) groups is 1. The molecule has 3 aliphatic rings. The van der Waals surface area contributed by atoms with E-state index in [4.69, 9.17) is 9.98 Å². The average molecular weight is 400 g/mol. The molecule has 1 fully saturated rings. The average Bonchev–Trinajstić information content (AvgIpc) is 3.12. The molecule has 0 aromatic carbocycles. The third-order valence-corrected chi connectivity index (χ3v) is 6.91. The van der Waals surface area contributed by atoms with Crippen LogP contribution in [0.25, 0.3) is 5.70 Å². The Hall–Kier alpha value is -2.79. The summed E-state index contributed by atoms with van der Waals surface area (Å²) in [6.07, 6.45) is 15.6. The predicted octanol–water partition coefficient (Wildman–Crippen LogP) is 4.39. The van der Waals surface area contributed by atoms with Crippen LogP contribution in [0, 0.1) is 6.92 Å². The number of piperidine rings is 1. The number of likely N-dealkylation sites (tertiary alicyclic amines) is 1. The van der Waals surface area contributed by atoms with Gasteiger partial charge in [-0.3, -0.25) is 19.9 Å². The minimum Gasteiger partial charge on any atom is -0.324 e. The van der Waals surface area contributed by atoms with E-state index in [-0.39, 0.29) is 5.54 Å². The first-order valence-corrected chi connectivity index (χ1v) is 10.9. The molecule has 1 saturated heterocycles. The van der Waals surface area contributed by atoms with E-state index < -0.39 is 0 Å². The standard InChI is InChI=1S/C25H29N5/c1-18-7-6-14-27-24(18)21-9-4-10-22(29(21)3)25(2)17-30-20(8-5-11-23(30)28-25)19-12-15-26-16-13-19/h5-8,11-16,21-22H,4,9-10,17H2,1-3H3/t21-,22+,25?/m0/s1. The Balaban J connectivity index is 1.44. The van der Waals surface area contributed by atoms with Crippen LogP contribution in [0.5, 0.6) is 0 Å². The first-order valence-electron chi connectivity index (χ1n) is 10.9. The van der Waals surface area contributed by atoms with Gasteiger partial charge in [0, 0.05) is 35.9 Å². The van der Waals surface area contributed by atoms with Crippen LogP contribution in [0.2, 0.25) is 0 Å². The topological polar surface area (TPSA) is 44.6 Å². The highest BCUT2D eigenvalue weighted by Gasteiger charge is 2.47. The SMILES string of the molecule is Cc1cccnc1[C@@H]1CCC[C@H](C2(C)CN3C(c4ccncc4)=CC=CC3=N2)N1C. The summed E-state index contributed by atoms with van der Waals surface area (Å²) in [6.45, 7) is 5.39. The number of likely N-dealkylation sites (N-methyl/N-ethyl adjacent to an activating group) is 1. The molecule has 0 N–H and O–H groups in total. The summed E-state index contributed by atoms with van der Waals surface area (Å²) in [4.78, 5) is 19.1. The largest absolute Gasteiger partial charge is 0.324 e. The highest BCUT2D eigenvalue weighted by molar-refractivity contribution is 6.03. The molecule has 5 heteroatoms. The lowest BCUT2D eigenvalue weighted by Gasteiger charge is -2.46. The van der Waals surface area contributed by atoms with Crippen molar-refractivity contribution >= 4 is 11.5 Å². The lowest BCUT2D eigenvalue weighted by atomic mass is 9.82. The van der Waals surface area contributed by atoms with Crippen molar-refractivity contribution in [3.63, 3.8) is 0 Å². The van der Waals surface area contributed by atoms with Crippen molar-refractivity contribution in [1.82, 2.24) is 19.8 Å². The number of nitrogens with zero attached hydrogens (tertiary/aromatic N) is 5. The molecule has 0 amide bonds. The second-order valence-corrected chi connectivity index (χ2v) is 8.89. The normalized spacial score (nSPS) is 28.8. The zero-order valence-electron chi connectivity index (χ0n) is 18.0. The van der Waals surface area contributed by atoms with Crippen molar-refractivity contribution in [2.24, 2.45) is 4.99 Å². The fraction of sp³-hybridized carbons (Fsp3) is 0.400. The second-order valence-electron chi connectivity index (χ2n) is 8.89. The Kier molecular flexibility index (Phi) is 4.78. The number of rotatable bonds is 3. The molecule has 5 rings (SSSR count). The highest BCUT2D eigenvalue weighted by Crippen LogP contribution is 2.42. The molecule has 5 heterocycles. The third-order valence-electron chi connectivity index (χ3n) is 6.91. The first kappa shape index (κ1) is 19.2. The summed E-state index contributed by atoms with van der Waals surface area (Å²) in [7, 11) is 2.26. The summed E-state index contributed by atoms with van der Waals surface area (Å²) in [5.74, 6) is 1.07. The van der Waals surface area contributed by atoms with E-state index in [1.54, 1.807) is 0 Å². The molecule has 0 spiro atoms. The van der Waals surface area contributed by atoms with Gasteiger partial charge in [-0.05, 0) is 76.1 Å². The highest BCUT2D eigenvalue weighted by atomic mass is 15.3. The Morgan fingerprint density at radius 3 is 2.73 bits per heavy atom. The van der Waals surface area contributed by atoms with Crippen molar-refractivity contribution in [2.75, 3.05) is 13.6 Å². The summed E-state index contributed by atoms with van der Waals surface area (Å²) >= 11 is 0. The van der Waals surface area contributed by atoms with Gasteiger partial charge in [0.2, 0.25) is 0 Å². The van der Waals surface area contributed by atoms with Gasteiger partial charge >= 0.3 is 0 Å². The Morgan fingerprint density at radius 2 is 1.93 bits per heavy atom. The van der Waals surface area contributed by atoms with E-state index in [9.17, 15) is 0 Å². The molecule has 0 bridgehead atoms. The van der Waals surface area contributed by atoms with Gasteiger partial charge in [-0.25, -0.2) is 0 Å². The Bertz CT molecular complexity index is 1020. The molecule has 3 aliphatic heterocycles. The molecule has 3 atom stereocenters. The van der Waals surface area contributed by atoms with E-state index in [0.29, 0.717) is 12.1 Å². The van der Waals surface area contributed by atoms with Gasteiger partial charge in [0.15, 0.2) is 0 Å². The van der Waals surface area contributed by atoms with Gasteiger partial charge in [0.25, 0.3) is 0 Å². The van der Waals surface area contributed by atoms with Crippen LogP contribution >= 0.6 is 0 Å². The number of amidine groups is 1. The lowest BCUT2D eigenvalue weighted by Crippen LogP contribution is -2.54. The van der Waals surface area contributed by atoms with E-state index in [0.717, 1.165) is 25.2 Å². The summed E-state index contributed by atoms with van der Waals surface area (Å²) in [6, 6.07) is 9.08. The monoisotopic (exact) mass is 399 g/mol. The van der Waals surface area contributed by atoms with Gasteiger partial charge in [-0.15, -0.1) is 0 Å². The van der Waals surface area contributed by atoms with Gasteiger partial charge in [0.1, 0.15) is 5.84 Å². The van der Waals surface area contributed by atoms with Crippen molar-refractivity contribution in [1.29, 1.82) is 0 Å². The fourth-order valence-corrected chi connectivity index (χ4v) is 5.42. The molecule has 0 aliphatic carbocycles. The second kappa shape index (κ2) is 7.47. The number of aryl methyl sites for hydroxylation is 1. The molecule has 2 aromatic heterocycles. The van der Waals surface area contributed by atoms with Crippen LogP contribution in [-0.2, 0) is 0 Å². The maximum atomic E-state index is 5.28. The number of aromatic nitrogens is 2. The van der Waals surface area contributed by atoms with E-state index in [2.05, 4.69) is 72.1 Å². The summed E-state index contributed by atoms with van der Waals surface area (Å²) in [5, 5.41) is 0. The number of allylic oxidation sites excluding steroid dienone is 2.